The van der Waals surface area contributed by atoms with Crippen LogP contribution in [0.1, 0.15) is 18.4 Å². The summed E-state index contributed by atoms with van der Waals surface area (Å²) >= 11 is 0. The molecule has 2 aliphatic heterocycles. The third kappa shape index (κ3) is 4.76. The Morgan fingerprint density at radius 3 is 2.83 bits per heavy atom. The maximum atomic E-state index is 12.9. The highest BCUT2D eigenvalue weighted by Crippen LogP contribution is 2.31. The van der Waals surface area contributed by atoms with Gasteiger partial charge in [0.2, 0.25) is 10.0 Å². The van der Waals surface area contributed by atoms with E-state index in [1.165, 1.54) is 6.26 Å². The number of nitrogens with one attached hydrogen (secondary N) is 2. The van der Waals surface area contributed by atoms with Crippen molar-refractivity contribution in [2.24, 2.45) is 0 Å². The molecule has 8 heteroatoms. The lowest BCUT2D eigenvalue weighted by Crippen LogP contribution is -2.59. The molecular weight excluding hydrogens is 402 g/mol. The number of sulfonamides is 1. The maximum absolute atomic E-state index is 12.9. The second-order valence-electron chi connectivity index (χ2n) is 7.88. The lowest BCUT2D eigenvalue weighted by Gasteiger charge is -2.41. The van der Waals surface area contributed by atoms with E-state index < -0.39 is 10.0 Å². The Kier molecular flexibility index (Phi) is 5.97. The highest BCUT2D eigenvalue weighted by Gasteiger charge is 2.36. The number of hydrogen-bond donors (Lipinski definition) is 2. The van der Waals surface area contributed by atoms with E-state index in [2.05, 4.69) is 16.1 Å². The van der Waals surface area contributed by atoms with Gasteiger partial charge in [0.25, 0.3) is 0 Å². The van der Waals surface area contributed by atoms with Gasteiger partial charge >= 0.3 is 6.03 Å². The van der Waals surface area contributed by atoms with Gasteiger partial charge in [-0.3, -0.25) is 0 Å². The number of carbonyl (C=O) groups excluding carboxylic acids is 1. The molecule has 30 heavy (non-hydrogen) atoms. The van der Waals surface area contributed by atoms with Gasteiger partial charge in [0.15, 0.2) is 0 Å². The summed E-state index contributed by atoms with van der Waals surface area (Å²) in [5.41, 5.74) is 3.08. The molecule has 2 aliphatic rings. The first-order valence-electron chi connectivity index (χ1n) is 10.2. The van der Waals surface area contributed by atoms with Crippen LogP contribution in [-0.2, 0) is 16.4 Å². The van der Waals surface area contributed by atoms with Gasteiger partial charge in [-0.15, -0.1) is 0 Å². The number of carbonyl (C=O) groups is 1. The molecule has 2 heterocycles. The first-order valence-corrected chi connectivity index (χ1v) is 12.1. The van der Waals surface area contributed by atoms with Crippen molar-refractivity contribution >= 4 is 16.1 Å². The second kappa shape index (κ2) is 8.65. The number of rotatable bonds is 2. The standard InChI is InChI=1S/C22H27N3O4S/c1-30(27,28)24-19-9-5-12-25-20(19)15-16-6-4-7-17(14-16)18-8-2-3-10-21(18)29-13-11-23-22(25)26/h2-4,6-8,10,14,19-20,24H,5,9,11-13,15H2,1H3,(H,23,26)/t19-,20-/m0/s1. The van der Waals surface area contributed by atoms with E-state index in [1.54, 1.807) is 4.90 Å². The van der Waals surface area contributed by atoms with Gasteiger partial charge in [-0.05, 0) is 36.5 Å². The lowest BCUT2D eigenvalue weighted by atomic mass is 9.90. The lowest BCUT2D eigenvalue weighted by molar-refractivity contribution is 0.132. The van der Waals surface area contributed by atoms with E-state index >= 15 is 0 Å². The van der Waals surface area contributed by atoms with Crippen LogP contribution in [0.5, 0.6) is 5.75 Å². The van der Waals surface area contributed by atoms with Crippen molar-refractivity contribution in [3.05, 3.63) is 54.1 Å². The molecular formula is C22H27N3O4S. The van der Waals surface area contributed by atoms with Crippen molar-refractivity contribution in [3.8, 4) is 16.9 Å². The predicted octanol–water partition coefficient (Wildman–Crippen LogP) is 2.38. The van der Waals surface area contributed by atoms with Crippen molar-refractivity contribution in [2.45, 2.75) is 31.3 Å². The fraction of sp³-hybridized carbons (Fsp3) is 0.409. The number of hydrogen-bond acceptors (Lipinski definition) is 4. The minimum atomic E-state index is -3.39. The van der Waals surface area contributed by atoms with E-state index in [1.807, 2.05) is 42.5 Å². The molecule has 4 rings (SSSR count). The van der Waals surface area contributed by atoms with Gasteiger partial charge in [-0.2, -0.15) is 0 Å². The number of amides is 2. The van der Waals surface area contributed by atoms with Crippen molar-refractivity contribution in [2.75, 3.05) is 26.0 Å². The molecule has 2 aromatic carbocycles. The molecule has 0 radical (unpaired) electrons. The summed E-state index contributed by atoms with van der Waals surface area (Å²) in [6.45, 7) is 1.32. The SMILES string of the molecule is CS(=O)(=O)N[C@H]1CCCN2C(=O)NCCOc3ccccc3-c3cccc(c3)C[C@@H]12. The Balaban J connectivity index is 1.73. The average Bonchev–Trinajstić information content (AvgIpc) is 2.72. The van der Waals surface area contributed by atoms with Crippen molar-refractivity contribution in [3.63, 3.8) is 0 Å². The van der Waals surface area contributed by atoms with Gasteiger partial charge in [0.1, 0.15) is 12.4 Å². The normalized spacial score (nSPS) is 22.3. The predicted molar refractivity (Wildman–Crippen MR) is 116 cm³/mol. The fourth-order valence-electron chi connectivity index (χ4n) is 4.33. The van der Waals surface area contributed by atoms with E-state index in [9.17, 15) is 13.2 Å². The van der Waals surface area contributed by atoms with E-state index in [0.29, 0.717) is 32.5 Å². The zero-order valence-electron chi connectivity index (χ0n) is 17.0. The number of piperidine rings is 1. The van der Waals surface area contributed by atoms with Crippen LogP contribution in [-0.4, -0.2) is 57.4 Å². The molecule has 2 bridgehead atoms. The van der Waals surface area contributed by atoms with Crippen molar-refractivity contribution < 1.29 is 17.9 Å². The number of para-hydroxylation sites is 1. The van der Waals surface area contributed by atoms with E-state index in [0.717, 1.165) is 28.9 Å². The third-order valence-corrected chi connectivity index (χ3v) is 6.34. The molecule has 2 aromatic rings. The summed E-state index contributed by atoms with van der Waals surface area (Å²) < 4.78 is 32.6. The van der Waals surface area contributed by atoms with E-state index in [4.69, 9.17) is 4.74 Å². The Hall–Kier alpha value is -2.58. The zero-order valence-corrected chi connectivity index (χ0v) is 17.8. The smallest absolute Gasteiger partial charge is 0.317 e. The summed E-state index contributed by atoms with van der Waals surface area (Å²) in [5, 5.41) is 2.93. The maximum Gasteiger partial charge on any atom is 0.317 e. The molecule has 0 aromatic heterocycles. The Bertz CT molecular complexity index is 1020. The van der Waals surface area contributed by atoms with Gasteiger partial charge in [0.05, 0.1) is 18.8 Å². The number of benzene rings is 2. The fourth-order valence-corrected chi connectivity index (χ4v) is 5.16. The highest BCUT2D eigenvalue weighted by atomic mass is 32.2. The molecule has 1 fully saturated rings. The molecule has 0 spiro atoms. The summed E-state index contributed by atoms with van der Waals surface area (Å²) in [7, 11) is -3.39. The first kappa shape index (κ1) is 20.7. The molecule has 2 atom stereocenters. The van der Waals surface area contributed by atoms with Crippen LogP contribution in [0.4, 0.5) is 4.79 Å². The van der Waals surface area contributed by atoms with Crippen LogP contribution in [0.2, 0.25) is 0 Å². The van der Waals surface area contributed by atoms with Gasteiger partial charge in [-0.1, -0.05) is 42.5 Å². The third-order valence-electron chi connectivity index (χ3n) is 5.61. The van der Waals surface area contributed by atoms with Crippen LogP contribution >= 0.6 is 0 Å². The average molecular weight is 430 g/mol. The Labute approximate surface area is 177 Å². The molecule has 0 saturated carbocycles. The summed E-state index contributed by atoms with van der Waals surface area (Å²) in [6, 6.07) is 15.2. The van der Waals surface area contributed by atoms with Crippen molar-refractivity contribution in [1.29, 1.82) is 0 Å². The monoisotopic (exact) mass is 429 g/mol. The molecule has 7 nitrogen and oxygen atoms in total. The Morgan fingerprint density at radius 2 is 2.00 bits per heavy atom. The molecule has 2 amide bonds. The van der Waals surface area contributed by atoms with Crippen LogP contribution in [0.3, 0.4) is 0 Å². The molecule has 0 aliphatic carbocycles. The molecule has 0 unspecified atom stereocenters. The highest BCUT2D eigenvalue weighted by molar-refractivity contribution is 7.88. The first-order chi connectivity index (χ1) is 14.4. The minimum absolute atomic E-state index is 0.188. The topological polar surface area (TPSA) is 87.7 Å². The summed E-state index contributed by atoms with van der Waals surface area (Å²) in [4.78, 5) is 14.7. The quantitative estimate of drug-likeness (QED) is 0.767. The minimum Gasteiger partial charge on any atom is -0.491 e. The number of urea groups is 1. The zero-order chi connectivity index (χ0) is 21.1. The molecule has 1 saturated heterocycles. The van der Waals surface area contributed by atoms with Crippen LogP contribution < -0.4 is 14.8 Å². The summed E-state index contributed by atoms with van der Waals surface area (Å²) in [6.07, 6.45) is 3.18. The second-order valence-corrected chi connectivity index (χ2v) is 9.66. The molecule has 2 N–H and O–H groups in total. The number of ether oxygens (including phenoxy) is 1. The number of fused-ring (bicyclic) bond motifs is 5. The number of nitrogens with zero attached hydrogens (tertiary/aromatic N) is 1. The molecule has 160 valence electrons. The van der Waals surface area contributed by atoms with Crippen molar-refractivity contribution in [1.82, 2.24) is 14.9 Å². The largest absolute Gasteiger partial charge is 0.491 e. The van der Waals surface area contributed by atoms with Crippen LogP contribution in [0, 0.1) is 0 Å². The van der Waals surface area contributed by atoms with Crippen LogP contribution in [0.25, 0.3) is 11.1 Å². The van der Waals surface area contributed by atoms with E-state index in [-0.39, 0.29) is 18.1 Å². The Morgan fingerprint density at radius 1 is 1.17 bits per heavy atom. The van der Waals surface area contributed by atoms with Gasteiger partial charge < -0.3 is 15.0 Å². The van der Waals surface area contributed by atoms with Gasteiger partial charge in [-0.25, -0.2) is 17.9 Å². The van der Waals surface area contributed by atoms with Gasteiger partial charge in [0, 0.05) is 18.2 Å². The summed E-state index contributed by atoms with van der Waals surface area (Å²) in [5.74, 6) is 0.775. The van der Waals surface area contributed by atoms with Crippen LogP contribution in [0.15, 0.2) is 48.5 Å².